The van der Waals surface area contributed by atoms with Crippen molar-refractivity contribution in [3.05, 3.63) is 0 Å². The molecule has 0 aromatic carbocycles. The molecular weight excluding hydrogens is 140 g/mol. The molecule has 3 heteroatoms. The maximum Gasteiger partial charge on any atom is 0.0774 e. The normalized spacial score (nSPS) is 29.2. The summed E-state index contributed by atoms with van der Waals surface area (Å²) >= 11 is 0. The van der Waals surface area contributed by atoms with Gasteiger partial charge in [0.25, 0.3) is 0 Å². The van der Waals surface area contributed by atoms with E-state index in [2.05, 4.69) is 11.9 Å². The monoisotopic (exact) mass is 158 g/mol. The minimum absolute atomic E-state index is 0.195. The molecule has 0 spiro atoms. The van der Waals surface area contributed by atoms with Crippen LogP contribution in [0.4, 0.5) is 0 Å². The molecular formula is C8H18N2O. The lowest BCUT2D eigenvalue weighted by Gasteiger charge is -2.21. The first-order valence-corrected chi connectivity index (χ1v) is 4.30. The maximum absolute atomic E-state index is 5.08. The maximum atomic E-state index is 5.08. The van der Waals surface area contributed by atoms with Gasteiger partial charge in [0.15, 0.2) is 0 Å². The molecule has 1 aliphatic heterocycles. The lowest BCUT2D eigenvalue weighted by atomic mass is 10.1. The predicted molar refractivity (Wildman–Crippen MR) is 45.0 cm³/mol. The molecule has 0 amide bonds. The largest absolute Gasteiger partial charge is 0.303 e. The highest BCUT2D eigenvalue weighted by Gasteiger charge is 2.22. The number of rotatable bonds is 3. The Kier molecular flexibility index (Phi) is 3.30. The Labute approximate surface area is 68.5 Å². The van der Waals surface area contributed by atoms with Gasteiger partial charge in [-0.25, -0.2) is 5.90 Å². The molecule has 0 aliphatic carbocycles. The molecule has 0 aromatic rings. The van der Waals surface area contributed by atoms with Crippen LogP contribution < -0.4 is 5.90 Å². The minimum atomic E-state index is 0.195. The SMILES string of the molecule is CC(CC1CCCN1C)ON. The molecule has 0 aromatic heterocycles. The van der Waals surface area contributed by atoms with E-state index in [0.717, 1.165) is 6.42 Å². The van der Waals surface area contributed by atoms with Gasteiger partial charge in [0.1, 0.15) is 0 Å². The summed E-state index contributed by atoms with van der Waals surface area (Å²) in [7, 11) is 2.17. The fraction of sp³-hybridized carbons (Fsp3) is 1.00. The van der Waals surface area contributed by atoms with E-state index in [9.17, 15) is 0 Å². The molecule has 1 fully saturated rings. The summed E-state index contributed by atoms with van der Waals surface area (Å²) in [6, 6.07) is 0.688. The van der Waals surface area contributed by atoms with E-state index in [0.29, 0.717) is 6.04 Å². The van der Waals surface area contributed by atoms with E-state index in [4.69, 9.17) is 10.7 Å². The Bertz CT molecular complexity index is 119. The first-order chi connectivity index (χ1) is 5.24. The quantitative estimate of drug-likeness (QED) is 0.616. The van der Waals surface area contributed by atoms with Crippen molar-refractivity contribution in [3.63, 3.8) is 0 Å². The second-order valence-corrected chi connectivity index (χ2v) is 3.46. The lowest BCUT2D eigenvalue weighted by molar-refractivity contribution is 0.0449. The van der Waals surface area contributed by atoms with Crippen LogP contribution in [0.2, 0.25) is 0 Å². The summed E-state index contributed by atoms with van der Waals surface area (Å²) in [5.74, 6) is 5.08. The predicted octanol–water partition coefficient (Wildman–Crippen LogP) is 0.749. The van der Waals surface area contributed by atoms with E-state index in [1.54, 1.807) is 0 Å². The molecule has 0 radical (unpaired) electrons. The second kappa shape index (κ2) is 4.04. The molecule has 2 atom stereocenters. The highest BCUT2D eigenvalue weighted by molar-refractivity contribution is 4.77. The van der Waals surface area contributed by atoms with Crippen LogP contribution in [0.5, 0.6) is 0 Å². The average molecular weight is 158 g/mol. The summed E-state index contributed by atoms with van der Waals surface area (Å²) in [6.45, 7) is 3.24. The Hall–Kier alpha value is -0.120. The van der Waals surface area contributed by atoms with E-state index in [1.165, 1.54) is 19.4 Å². The number of likely N-dealkylation sites (tertiary alicyclic amines) is 1. The van der Waals surface area contributed by atoms with Gasteiger partial charge in [0, 0.05) is 6.04 Å². The molecule has 1 saturated heterocycles. The number of hydrogen-bond donors (Lipinski definition) is 1. The van der Waals surface area contributed by atoms with Crippen LogP contribution in [0.1, 0.15) is 26.2 Å². The highest BCUT2D eigenvalue weighted by atomic mass is 16.6. The van der Waals surface area contributed by atoms with Crippen LogP contribution in [-0.4, -0.2) is 30.6 Å². The van der Waals surface area contributed by atoms with E-state index < -0.39 is 0 Å². The summed E-state index contributed by atoms with van der Waals surface area (Å²) in [4.78, 5) is 7.12. The van der Waals surface area contributed by atoms with Crippen molar-refractivity contribution in [3.8, 4) is 0 Å². The average Bonchev–Trinajstić information content (AvgIpc) is 2.37. The van der Waals surface area contributed by atoms with Crippen molar-refractivity contribution in [1.82, 2.24) is 4.90 Å². The number of nitrogens with zero attached hydrogens (tertiary/aromatic N) is 1. The fourth-order valence-electron chi connectivity index (χ4n) is 1.72. The topological polar surface area (TPSA) is 38.5 Å². The molecule has 0 saturated carbocycles. The van der Waals surface area contributed by atoms with Crippen molar-refractivity contribution < 1.29 is 4.84 Å². The number of hydrogen-bond acceptors (Lipinski definition) is 3. The van der Waals surface area contributed by atoms with Gasteiger partial charge in [-0.1, -0.05) is 0 Å². The molecule has 1 rings (SSSR count). The summed E-state index contributed by atoms with van der Waals surface area (Å²) < 4.78 is 0. The summed E-state index contributed by atoms with van der Waals surface area (Å²) in [5.41, 5.74) is 0. The van der Waals surface area contributed by atoms with Crippen molar-refractivity contribution in [2.75, 3.05) is 13.6 Å². The van der Waals surface area contributed by atoms with Crippen LogP contribution in [-0.2, 0) is 4.84 Å². The van der Waals surface area contributed by atoms with Gasteiger partial charge in [-0.2, -0.15) is 0 Å². The van der Waals surface area contributed by atoms with Gasteiger partial charge in [-0.05, 0) is 39.8 Å². The van der Waals surface area contributed by atoms with Gasteiger partial charge in [-0.15, -0.1) is 0 Å². The molecule has 0 bridgehead atoms. The van der Waals surface area contributed by atoms with Gasteiger partial charge < -0.3 is 9.74 Å². The zero-order chi connectivity index (χ0) is 8.27. The van der Waals surface area contributed by atoms with Crippen molar-refractivity contribution in [2.45, 2.75) is 38.3 Å². The van der Waals surface area contributed by atoms with E-state index in [-0.39, 0.29) is 6.10 Å². The zero-order valence-corrected chi connectivity index (χ0v) is 7.42. The zero-order valence-electron chi connectivity index (χ0n) is 7.42. The second-order valence-electron chi connectivity index (χ2n) is 3.46. The minimum Gasteiger partial charge on any atom is -0.303 e. The molecule has 2 N–H and O–H groups in total. The Balaban J connectivity index is 2.24. The van der Waals surface area contributed by atoms with Crippen LogP contribution in [0.3, 0.4) is 0 Å². The molecule has 3 nitrogen and oxygen atoms in total. The third-order valence-corrected chi connectivity index (χ3v) is 2.51. The van der Waals surface area contributed by atoms with Gasteiger partial charge in [0.05, 0.1) is 6.10 Å². The highest BCUT2D eigenvalue weighted by Crippen LogP contribution is 2.19. The Morgan fingerprint density at radius 3 is 2.91 bits per heavy atom. The molecule has 2 unspecified atom stereocenters. The fourth-order valence-corrected chi connectivity index (χ4v) is 1.72. The van der Waals surface area contributed by atoms with Crippen LogP contribution in [0.15, 0.2) is 0 Å². The molecule has 11 heavy (non-hydrogen) atoms. The number of nitrogens with two attached hydrogens (primary N) is 1. The summed E-state index contributed by atoms with van der Waals surface area (Å²) in [6.07, 6.45) is 3.87. The van der Waals surface area contributed by atoms with Crippen LogP contribution in [0, 0.1) is 0 Å². The standard InChI is InChI=1S/C8H18N2O/c1-7(11-9)6-8-4-3-5-10(8)2/h7-8H,3-6,9H2,1-2H3. The molecule has 66 valence electrons. The molecule has 1 aliphatic rings. The van der Waals surface area contributed by atoms with Crippen molar-refractivity contribution in [1.29, 1.82) is 0 Å². The van der Waals surface area contributed by atoms with Crippen LogP contribution in [0.25, 0.3) is 0 Å². The van der Waals surface area contributed by atoms with Crippen LogP contribution >= 0.6 is 0 Å². The van der Waals surface area contributed by atoms with Gasteiger partial charge in [-0.3, -0.25) is 0 Å². The summed E-state index contributed by atoms with van der Waals surface area (Å²) in [5, 5.41) is 0. The van der Waals surface area contributed by atoms with Gasteiger partial charge >= 0.3 is 0 Å². The first kappa shape index (κ1) is 8.97. The third kappa shape index (κ3) is 2.43. The Morgan fingerprint density at radius 2 is 2.45 bits per heavy atom. The first-order valence-electron chi connectivity index (χ1n) is 4.30. The third-order valence-electron chi connectivity index (χ3n) is 2.51. The Morgan fingerprint density at radius 1 is 1.73 bits per heavy atom. The smallest absolute Gasteiger partial charge is 0.0774 e. The molecule has 1 heterocycles. The lowest BCUT2D eigenvalue weighted by Crippen LogP contribution is -2.29. The van der Waals surface area contributed by atoms with Gasteiger partial charge in [0.2, 0.25) is 0 Å². The van der Waals surface area contributed by atoms with Crippen molar-refractivity contribution in [2.24, 2.45) is 5.90 Å². The van der Waals surface area contributed by atoms with Crippen molar-refractivity contribution >= 4 is 0 Å². The van der Waals surface area contributed by atoms with E-state index in [1.807, 2.05) is 6.92 Å². The van der Waals surface area contributed by atoms with E-state index >= 15 is 0 Å².